The number of sulfonamides is 1. The first-order valence-corrected chi connectivity index (χ1v) is 8.74. The van der Waals surface area contributed by atoms with E-state index in [1.807, 2.05) is 32.9 Å². The van der Waals surface area contributed by atoms with Crippen molar-refractivity contribution >= 4 is 27.3 Å². The highest BCUT2D eigenvalue weighted by Gasteiger charge is 2.32. The average molecular weight is 310 g/mol. The van der Waals surface area contributed by atoms with Crippen LogP contribution in [0.2, 0.25) is 0 Å². The minimum Gasteiger partial charge on any atom is -0.311 e. The van der Waals surface area contributed by atoms with Crippen LogP contribution in [0.1, 0.15) is 33.3 Å². The fourth-order valence-corrected chi connectivity index (χ4v) is 2.96. The van der Waals surface area contributed by atoms with E-state index in [0.717, 1.165) is 17.7 Å². The Hall–Kier alpha value is -1.56. The number of rotatable bonds is 3. The fraction of sp³-hybridized carbons (Fsp3) is 0.533. The van der Waals surface area contributed by atoms with E-state index in [-0.39, 0.29) is 11.7 Å². The second-order valence-electron chi connectivity index (χ2n) is 6.31. The molecule has 1 aliphatic heterocycles. The second kappa shape index (κ2) is 5.33. The van der Waals surface area contributed by atoms with Crippen LogP contribution in [0.15, 0.2) is 18.2 Å². The maximum atomic E-state index is 12.4. The number of carbonyl (C=O) groups excluding carboxylic acids is 1. The van der Waals surface area contributed by atoms with Crippen molar-refractivity contribution in [2.24, 2.45) is 5.41 Å². The summed E-state index contributed by atoms with van der Waals surface area (Å²) >= 11 is 0. The number of nitrogens with zero attached hydrogens (tertiary/aromatic N) is 1. The van der Waals surface area contributed by atoms with E-state index in [2.05, 4.69) is 4.72 Å². The highest BCUT2D eigenvalue weighted by Crippen LogP contribution is 2.33. The third kappa shape index (κ3) is 3.37. The van der Waals surface area contributed by atoms with Crippen LogP contribution < -0.4 is 9.62 Å². The molecule has 5 nitrogen and oxygen atoms in total. The number of amides is 1. The lowest BCUT2D eigenvalue weighted by Gasteiger charge is -2.26. The van der Waals surface area contributed by atoms with E-state index in [1.165, 1.54) is 0 Å². The SMILES string of the molecule is CCS(=O)(=O)Nc1ccc2c(c1)CCN2C(=O)C(C)(C)C. The van der Waals surface area contributed by atoms with Gasteiger partial charge in [0.05, 0.1) is 5.75 Å². The first-order valence-electron chi connectivity index (χ1n) is 7.09. The summed E-state index contributed by atoms with van der Waals surface area (Å²) in [5.74, 6) is 0.127. The summed E-state index contributed by atoms with van der Waals surface area (Å²) in [6, 6.07) is 5.35. The number of fused-ring (bicyclic) bond motifs is 1. The molecule has 1 heterocycles. The minimum absolute atomic E-state index is 0.0404. The summed E-state index contributed by atoms with van der Waals surface area (Å²) in [6.45, 7) is 7.94. The standard InChI is InChI=1S/C15H22N2O3S/c1-5-21(19,20)16-12-6-7-13-11(10-12)8-9-17(13)14(18)15(2,3)4/h6-7,10,16H,5,8-9H2,1-4H3. The molecule has 0 atom stereocenters. The number of benzene rings is 1. The van der Waals surface area contributed by atoms with Gasteiger partial charge in [0, 0.05) is 23.3 Å². The minimum atomic E-state index is -3.27. The molecule has 0 bridgehead atoms. The molecule has 0 aromatic heterocycles. The molecule has 1 N–H and O–H groups in total. The highest BCUT2D eigenvalue weighted by atomic mass is 32.2. The Bertz CT molecular complexity index is 660. The van der Waals surface area contributed by atoms with Crippen LogP contribution in [0.25, 0.3) is 0 Å². The third-order valence-electron chi connectivity index (χ3n) is 3.52. The van der Waals surface area contributed by atoms with Gasteiger partial charge in [-0.15, -0.1) is 0 Å². The molecule has 0 saturated heterocycles. The van der Waals surface area contributed by atoms with Crippen molar-refractivity contribution in [3.8, 4) is 0 Å². The molecule has 21 heavy (non-hydrogen) atoms. The van der Waals surface area contributed by atoms with Crippen molar-refractivity contribution < 1.29 is 13.2 Å². The molecule has 0 spiro atoms. The van der Waals surface area contributed by atoms with Crippen LogP contribution in [0, 0.1) is 5.41 Å². The first kappa shape index (κ1) is 15.8. The van der Waals surface area contributed by atoms with Gasteiger partial charge in [0.15, 0.2) is 0 Å². The Kier molecular flexibility index (Phi) is 4.02. The zero-order chi connectivity index (χ0) is 15.8. The number of anilines is 2. The Morgan fingerprint density at radius 2 is 2.00 bits per heavy atom. The van der Waals surface area contributed by atoms with Crippen molar-refractivity contribution in [1.29, 1.82) is 0 Å². The van der Waals surface area contributed by atoms with E-state index >= 15 is 0 Å². The third-order valence-corrected chi connectivity index (χ3v) is 4.82. The van der Waals surface area contributed by atoms with Crippen molar-refractivity contribution in [2.75, 3.05) is 21.9 Å². The van der Waals surface area contributed by atoms with E-state index in [1.54, 1.807) is 17.9 Å². The Balaban J connectivity index is 2.27. The summed E-state index contributed by atoms with van der Waals surface area (Å²) in [5.41, 5.74) is 2.02. The summed E-state index contributed by atoms with van der Waals surface area (Å²) in [5, 5.41) is 0. The number of hydrogen-bond donors (Lipinski definition) is 1. The van der Waals surface area contributed by atoms with E-state index in [9.17, 15) is 13.2 Å². The summed E-state index contributed by atoms with van der Waals surface area (Å²) < 4.78 is 25.7. The molecular formula is C15H22N2O3S. The normalized spacial score (nSPS) is 15.0. The van der Waals surface area contributed by atoms with Crippen LogP contribution in [-0.2, 0) is 21.2 Å². The van der Waals surface area contributed by atoms with E-state index in [4.69, 9.17) is 0 Å². The monoisotopic (exact) mass is 310 g/mol. The van der Waals surface area contributed by atoms with Gasteiger partial charge >= 0.3 is 0 Å². The molecule has 1 aromatic rings. The lowest BCUT2D eigenvalue weighted by atomic mass is 9.94. The first-order chi connectivity index (χ1) is 9.64. The number of hydrogen-bond acceptors (Lipinski definition) is 3. The average Bonchev–Trinajstić information content (AvgIpc) is 2.79. The van der Waals surface area contributed by atoms with Gasteiger partial charge in [-0.25, -0.2) is 8.42 Å². The molecular weight excluding hydrogens is 288 g/mol. The van der Waals surface area contributed by atoms with Crippen LogP contribution in [0.5, 0.6) is 0 Å². The molecule has 116 valence electrons. The van der Waals surface area contributed by atoms with E-state index in [0.29, 0.717) is 12.2 Å². The van der Waals surface area contributed by atoms with Crippen LogP contribution in [-0.4, -0.2) is 26.6 Å². The zero-order valence-corrected chi connectivity index (χ0v) is 13.8. The topological polar surface area (TPSA) is 66.5 Å². The lowest BCUT2D eigenvalue weighted by Crippen LogP contribution is -2.38. The van der Waals surface area contributed by atoms with Gasteiger partial charge in [0.2, 0.25) is 15.9 Å². The van der Waals surface area contributed by atoms with E-state index < -0.39 is 15.4 Å². The lowest BCUT2D eigenvalue weighted by molar-refractivity contribution is -0.125. The molecule has 0 radical (unpaired) electrons. The number of nitrogens with one attached hydrogen (secondary N) is 1. The van der Waals surface area contributed by atoms with Gasteiger partial charge in [-0.1, -0.05) is 20.8 Å². The number of carbonyl (C=O) groups is 1. The predicted octanol–water partition coefficient (Wildman–Crippen LogP) is 2.38. The maximum Gasteiger partial charge on any atom is 0.232 e. The van der Waals surface area contributed by atoms with Crippen LogP contribution >= 0.6 is 0 Å². The summed E-state index contributed by atoms with van der Waals surface area (Å²) in [4.78, 5) is 14.2. The van der Waals surface area contributed by atoms with Gasteiger partial charge < -0.3 is 4.90 Å². The van der Waals surface area contributed by atoms with Crippen molar-refractivity contribution in [3.05, 3.63) is 23.8 Å². The molecule has 0 saturated carbocycles. The Morgan fingerprint density at radius 3 is 2.57 bits per heavy atom. The summed E-state index contributed by atoms with van der Waals surface area (Å²) in [6.07, 6.45) is 0.749. The smallest absolute Gasteiger partial charge is 0.232 e. The molecule has 0 aliphatic carbocycles. The van der Waals surface area contributed by atoms with Crippen LogP contribution in [0.3, 0.4) is 0 Å². The predicted molar refractivity (Wildman–Crippen MR) is 85.0 cm³/mol. The van der Waals surface area contributed by atoms with Gasteiger partial charge in [-0.3, -0.25) is 9.52 Å². The molecule has 1 aliphatic rings. The van der Waals surface area contributed by atoms with Crippen LogP contribution in [0.4, 0.5) is 11.4 Å². The van der Waals surface area contributed by atoms with Crippen molar-refractivity contribution in [1.82, 2.24) is 0 Å². The molecule has 1 aromatic carbocycles. The zero-order valence-electron chi connectivity index (χ0n) is 12.9. The molecule has 6 heteroatoms. The van der Waals surface area contributed by atoms with Gasteiger partial charge in [0.25, 0.3) is 0 Å². The van der Waals surface area contributed by atoms with Crippen molar-refractivity contribution in [3.63, 3.8) is 0 Å². The summed E-state index contributed by atoms with van der Waals surface area (Å²) in [7, 11) is -3.27. The largest absolute Gasteiger partial charge is 0.311 e. The quantitative estimate of drug-likeness (QED) is 0.932. The molecule has 0 unspecified atom stereocenters. The molecule has 2 rings (SSSR count). The van der Waals surface area contributed by atoms with Gasteiger partial charge in [-0.05, 0) is 37.1 Å². The Morgan fingerprint density at radius 1 is 1.33 bits per heavy atom. The maximum absolute atomic E-state index is 12.4. The van der Waals surface area contributed by atoms with Gasteiger partial charge in [0.1, 0.15) is 0 Å². The fourth-order valence-electron chi connectivity index (χ4n) is 2.33. The Labute approximate surface area is 126 Å². The second-order valence-corrected chi connectivity index (χ2v) is 8.32. The van der Waals surface area contributed by atoms with Gasteiger partial charge in [-0.2, -0.15) is 0 Å². The molecule has 0 fully saturated rings. The molecule has 1 amide bonds. The van der Waals surface area contributed by atoms with Crippen molar-refractivity contribution in [2.45, 2.75) is 34.1 Å². The highest BCUT2D eigenvalue weighted by molar-refractivity contribution is 7.92.